The Labute approximate surface area is 107 Å². The zero-order valence-corrected chi connectivity index (χ0v) is 10.8. The van der Waals surface area contributed by atoms with Gasteiger partial charge in [-0.25, -0.2) is 0 Å². The highest BCUT2D eigenvalue weighted by molar-refractivity contribution is 6.00. The summed E-state index contributed by atoms with van der Waals surface area (Å²) >= 11 is 0. The molecule has 1 aliphatic carbocycles. The summed E-state index contributed by atoms with van der Waals surface area (Å²) in [6, 6.07) is 9.26. The summed E-state index contributed by atoms with van der Waals surface area (Å²) in [4.78, 5) is 23.7. The molecule has 18 heavy (non-hydrogen) atoms. The molecule has 3 heteroatoms. The highest BCUT2D eigenvalue weighted by atomic mass is 16.5. The number of hydrogen-bond acceptors (Lipinski definition) is 3. The summed E-state index contributed by atoms with van der Waals surface area (Å²) in [7, 11) is 0. The highest BCUT2D eigenvalue weighted by Gasteiger charge is 2.48. The molecule has 2 rings (SSSR count). The van der Waals surface area contributed by atoms with Crippen molar-refractivity contribution in [3.8, 4) is 0 Å². The molecular formula is C15H18O3. The first-order chi connectivity index (χ1) is 8.65. The van der Waals surface area contributed by atoms with Crippen molar-refractivity contribution in [2.24, 2.45) is 17.8 Å². The quantitative estimate of drug-likeness (QED) is 0.592. The number of benzene rings is 1. The Morgan fingerprint density at radius 2 is 2.00 bits per heavy atom. The molecule has 0 heterocycles. The van der Waals surface area contributed by atoms with E-state index in [-0.39, 0.29) is 29.5 Å². The van der Waals surface area contributed by atoms with Crippen LogP contribution in [0.2, 0.25) is 0 Å². The van der Waals surface area contributed by atoms with Crippen LogP contribution < -0.4 is 0 Å². The van der Waals surface area contributed by atoms with Crippen LogP contribution in [-0.2, 0) is 9.53 Å². The maximum absolute atomic E-state index is 12.2. The molecule has 0 aliphatic heterocycles. The average molecular weight is 246 g/mol. The van der Waals surface area contributed by atoms with Crippen LogP contribution in [-0.4, -0.2) is 18.4 Å². The molecule has 3 nitrogen and oxygen atoms in total. The van der Waals surface area contributed by atoms with Gasteiger partial charge in [-0.1, -0.05) is 37.3 Å². The molecule has 0 N–H and O–H groups in total. The summed E-state index contributed by atoms with van der Waals surface area (Å²) in [5.41, 5.74) is 0.737. The molecular weight excluding hydrogens is 228 g/mol. The summed E-state index contributed by atoms with van der Waals surface area (Å²) in [6.45, 7) is 4.04. The van der Waals surface area contributed by atoms with Crippen LogP contribution in [0, 0.1) is 17.8 Å². The number of carbonyl (C=O) groups is 2. The Bertz CT molecular complexity index is 438. The lowest BCUT2D eigenvalue weighted by atomic mass is 10.0. The third-order valence-electron chi connectivity index (χ3n) is 3.54. The maximum Gasteiger partial charge on any atom is 0.308 e. The van der Waals surface area contributed by atoms with Gasteiger partial charge in [0, 0.05) is 11.5 Å². The van der Waals surface area contributed by atoms with Gasteiger partial charge in [0.25, 0.3) is 0 Å². The van der Waals surface area contributed by atoms with E-state index in [0.717, 1.165) is 12.0 Å². The van der Waals surface area contributed by atoms with E-state index in [1.54, 1.807) is 6.92 Å². The van der Waals surface area contributed by atoms with E-state index in [2.05, 4.69) is 0 Å². The van der Waals surface area contributed by atoms with Crippen molar-refractivity contribution in [2.45, 2.75) is 20.3 Å². The van der Waals surface area contributed by atoms with Crippen molar-refractivity contribution in [2.75, 3.05) is 6.61 Å². The number of ketones is 1. The second kappa shape index (κ2) is 5.34. The minimum atomic E-state index is -0.189. The van der Waals surface area contributed by atoms with Crippen LogP contribution in [0.3, 0.4) is 0 Å². The van der Waals surface area contributed by atoms with Crippen molar-refractivity contribution in [3.63, 3.8) is 0 Å². The van der Waals surface area contributed by atoms with Gasteiger partial charge in [-0.15, -0.1) is 0 Å². The minimum Gasteiger partial charge on any atom is -0.466 e. The summed E-state index contributed by atoms with van der Waals surface area (Å²) in [5.74, 6) is -0.0752. The largest absolute Gasteiger partial charge is 0.466 e. The molecule has 1 aromatic rings. The minimum absolute atomic E-state index is 0.00759. The monoisotopic (exact) mass is 246 g/mol. The normalized spacial score (nSPS) is 23.2. The van der Waals surface area contributed by atoms with Crippen LogP contribution in [0.25, 0.3) is 0 Å². The predicted molar refractivity (Wildman–Crippen MR) is 68.2 cm³/mol. The fourth-order valence-corrected chi connectivity index (χ4v) is 2.33. The fraction of sp³-hybridized carbons (Fsp3) is 0.467. The van der Waals surface area contributed by atoms with E-state index in [9.17, 15) is 9.59 Å². The molecule has 0 bridgehead atoms. The van der Waals surface area contributed by atoms with Crippen molar-refractivity contribution >= 4 is 11.8 Å². The van der Waals surface area contributed by atoms with Crippen molar-refractivity contribution in [1.29, 1.82) is 0 Å². The molecule has 0 amide bonds. The van der Waals surface area contributed by atoms with Gasteiger partial charge < -0.3 is 4.74 Å². The molecule has 1 saturated carbocycles. The maximum atomic E-state index is 12.2. The molecule has 0 aromatic heterocycles. The number of rotatable bonds is 5. The van der Waals surface area contributed by atoms with E-state index in [4.69, 9.17) is 4.74 Å². The summed E-state index contributed by atoms with van der Waals surface area (Å²) < 4.78 is 4.99. The van der Waals surface area contributed by atoms with E-state index in [1.807, 2.05) is 37.3 Å². The lowest BCUT2D eigenvalue weighted by Gasteiger charge is -2.09. The second-order valence-electron chi connectivity index (χ2n) is 4.78. The Kier molecular flexibility index (Phi) is 3.80. The van der Waals surface area contributed by atoms with Gasteiger partial charge >= 0.3 is 5.97 Å². The fourth-order valence-electron chi connectivity index (χ4n) is 2.33. The lowest BCUT2D eigenvalue weighted by molar-refractivity contribution is -0.148. The molecule has 3 atom stereocenters. The van der Waals surface area contributed by atoms with Gasteiger partial charge in [-0.05, 0) is 19.3 Å². The van der Waals surface area contributed by atoms with Crippen molar-refractivity contribution in [1.82, 2.24) is 0 Å². The molecule has 0 spiro atoms. The zero-order chi connectivity index (χ0) is 13.1. The van der Waals surface area contributed by atoms with Crippen LogP contribution in [0.5, 0.6) is 0 Å². The molecule has 1 fully saturated rings. The van der Waals surface area contributed by atoms with Gasteiger partial charge in [-0.2, -0.15) is 0 Å². The van der Waals surface area contributed by atoms with E-state index >= 15 is 0 Å². The van der Waals surface area contributed by atoms with Crippen molar-refractivity contribution in [3.05, 3.63) is 35.9 Å². The van der Waals surface area contributed by atoms with E-state index in [0.29, 0.717) is 6.61 Å². The second-order valence-corrected chi connectivity index (χ2v) is 4.78. The molecule has 0 radical (unpaired) electrons. The van der Waals surface area contributed by atoms with Gasteiger partial charge in [0.1, 0.15) is 0 Å². The first-order valence-corrected chi connectivity index (χ1v) is 6.41. The Morgan fingerprint density at radius 3 is 2.61 bits per heavy atom. The molecule has 1 aliphatic rings. The molecule has 1 aromatic carbocycles. The van der Waals surface area contributed by atoms with Gasteiger partial charge in [-0.3, -0.25) is 9.59 Å². The first kappa shape index (κ1) is 12.8. The topological polar surface area (TPSA) is 43.4 Å². The van der Waals surface area contributed by atoms with E-state index < -0.39 is 0 Å². The number of carbonyl (C=O) groups excluding carboxylic acids is 2. The molecule has 96 valence electrons. The van der Waals surface area contributed by atoms with Crippen molar-refractivity contribution < 1.29 is 14.3 Å². The van der Waals surface area contributed by atoms with Gasteiger partial charge in [0.05, 0.1) is 12.5 Å². The number of esters is 1. The first-order valence-electron chi connectivity index (χ1n) is 6.41. The number of Topliss-reactive ketones (excluding diaryl/α,β-unsaturated/α-hetero) is 1. The number of hydrogen-bond donors (Lipinski definition) is 0. The van der Waals surface area contributed by atoms with Crippen LogP contribution in [0.15, 0.2) is 30.3 Å². The Balaban J connectivity index is 1.95. The van der Waals surface area contributed by atoms with Gasteiger partial charge in [0.15, 0.2) is 5.78 Å². The average Bonchev–Trinajstić information content (AvgIpc) is 3.18. The Morgan fingerprint density at radius 1 is 1.33 bits per heavy atom. The number of ether oxygens (including phenoxy) is 1. The van der Waals surface area contributed by atoms with Crippen LogP contribution >= 0.6 is 0 Å². The Hall–Kier alpha value is -1.64. The third-order valence-corrected chi connectivity index (χ3v) is 3.54. The molecule has 1 unspecified atom stereocenters. The zero-order valence-electron chi connectivity index (χ0n) is 10.8. The summed E-state index contributed by atoms with van der Waals surface area (Å²) in [6.07, 6.45) is 0.799. The SMILES string of the molecule is CCOC(=O)C(C)[C@H]1C[C@@H]1C(=O)c1ccccc1. The lowest BCUT2D eigenvalue weighted by Crippen LogP contribution is -2.18. The smallest absolute Gasteiger partial charge is 0.308 e. The summed E-state index contributed by atoms with van der Waals surface area (Å²) in [5, 5.41) is 0. The van der Waals surface area contributed by atoms with Crippen LogP contribution in [0.4, 0.5) is 0 Å². The molecule has 0 saturated heterocycles. The predicted octanol–water partition coefficient (Wildman–Crippen LogP) is 2.70. The van der Waals surface area contributed by atoms with Gasteiger partial charge in [0.2, 0.25) is 0 Å². The highest BCUT2D eigenvalue weighted by Crippen LogP contribution is 2.46. The standard InChI is InChI=1S/C15H18O3/c1-3-18-15(17)10(2)12-9-13(12)14(16)11-7-5-4-6-8-11/h4-8,10,12-13H,3,9H2,1-2H3/t10?,12-,13+/m1/s1. The third kappa shape index (κ3) is 2.61. The van der Waals surface area contributed by atoms with Crippen LogP contribution in [0.1, 0.15) is 30.6 Å². The van der Waals surface area contributed by atoms with E-state index in [1.165, 1.54) is 0 Å².